The van der Waals surface area contributed by atoms with Crippen LogP contribution in [0.15, 0.2) is 182 Å². The van der Waals surface area contributed by atoms with Crippen molar-refractivity contribution in [3.63, 3.8) is 0 Å². The Morgan fingerprint density at radius 1 is 0.482 bits per heavy atom. The van der Waals surface area contributed by atoms with Crippen molar-refractivity contribution in [3.8, 4) is 11.4 Å². The van der Waals surface area contributed by atoms with E-state index in [1.807, 2.05) is 48.5 Å². The number of halogens is 7. The maximum atomic E-state index is 13.8. The van der Waals surface area contributed by atoms with Gasteiger partial charge in [0.05, 0.1) is 57.0 Å². The van der Waals surface area contributed by atoms with E-state index in [1.165, 1.54) is 52.3 Å². The highest BCUT2D eigenvalue weighted by Crippen LogP contribution is 2.33. The summed E-state index contributed by atoms with van der Waals surface area (Å²) in [4.78, 5) is 75.2. The van der Waals surface area contributed by atoms with E-state index in [4.69, 9.17) is 15.9 Å². The number of carboxylic acid groups (broad SMARTS) is 2. The molecule has 0 atom stereocenters. The molecule has 2 aromatic heterocycles. The topological polar surface area (TPSA) is 231 Å². The average Bonchev–Trinajstić information content (AvgIpc) is 1.33. The molecular weight excluding hydrogens is 1480 g/mol. The van der Waals surface area contributed by atoms with Gasteiger partial charge in [-0.25, -0.2) is 19.0 Å². The molecule has 2 amide bonds. The second-order valence-corrected chi connectivity index (χ2v) is 27.5. The second-order valence-electron chi connectivity index (χ2n) is 27.0. The van der Waals surface area contributed by atoms with Gasteiger partial charge in [-0.3, -0.25) is 14.4 Å². The highest BCUT2D eigenvalue weighted by Gasteiger charge is 2.32. The van der Waals surface area contributed by atoms with Gasteiger partial charge in [-0.15, -0.1) is 0 Å². The van der Waals surface area contributed by atoms with Gasteiger partial charge in [0.2, 0.25) is 0 Å². The van der Waals surface area contributed by atoms with Crippen LogP contribution < -0.4 is 26.2 Å². The number of nitrogens with two attached hydrogens (primary N) is 1. The number of hydrogen-bond donors (Lipinski definition) is 5. The molecule has 9 aromatic rings. The first-order chi connectivity index (χ1) is 52.6. The van der Waals surface area contributed by atoms with Crippen LogP contribution in [-0.2, 0) is 37.2 Å². The smallest absolute Gasteiger partial charge is 0.416 e. The molecule has 27 heteroatoms. The second kappa shape index (κ2) is 41.6. The van der Waals surface area contributed by atoms with E-state index >= 15 is 0 Å². The summed E-state index contributed by atoms with van der Waals surface area (Å²) in [5.74, 6) is -2.62. The van der Waals surface area contributed by atoms with E-state index < -0.39 is 41.3 Å². The Labute approximate surface area is 647 Å². The molecule has 586 valence electrons. The van der Waals surface area contributed by atoms with Gasteiger partial charge in [0, 0.05) is 117 Å². The number of nitrogens with zero attached hydrogens (tertiary/aromatic N) is 10. The van der Waals surface area contributed by atoms with Crippen LogP contribution in [0, 0.1) is 0 Å². The maximum absolute atomic E-state index is 13.8. The number of Topliss-reactive ketones (excluding diaryl/α,β-unsaturated/α-hetero) is 1. The summed E-state index contributed by atoms with van der Waals surface area (Å²) in [6.07, 6.45) is 0.825. The standard InChI is InChI=1S/C37H44F3N7O2.C23H23F3N4O.C15H24N2O2.C8H7BrO2/c1-4-45(5-2)22-21-44(3)26-27-11-9-12-28(23-27)35(48)41-33-16-15-30(46-18-7-6-8-19-46)25-32(33)36(49)42-34-17-20-47(43-34)31-14-10-13-29(24-31)37(38,39)40;24-23(25,26)16-5-4-6-19(13-16)30-12-9-17(28-30)14-22(31)20-15-18(7-8-21(20)27)29-10-2-1-3-11-29;1-4-17(5-2)10-9-16(3)12-13-7-6-8-14(11-13)15(18)19;9-5-6-2-1-3-7(4-6)8(10)11/h9-17,20,23-25H,4-8,18-19,21-22,26H2,1-3H3,(H,41,48)(H,42,43,49);4-9,12-13,15H,1-3,10-11,14,27H2;6-8,11H,4-5,9-10,12H2,1-3H3,(H,18,19);1-4H,5H2,(H,10,11). The number of rotatable bonds is 28. The largest absolute Gasteiger partial charge is 0.478 e. The first-order valence-electron chi connectivity index (χ1n) is 36.9. The van der Waals surface area contributed by atoms with Crippen molar-refractivity contribution in [2.24, 2.45) is 0 Å². The normalized spacial score (nSPS) is 13.1. The summed E-state index contributed by atoms with van der Waals surface area (Å²) in [6.45, 7) is 21.8. The molecule has 0 bridgehead atoms. The monoisotopic (exact) mass is 1580 g/mol. The van der Waals surface area contributed by atoms with Crippen LogP contribution >= 0.6 is 15.9 Å². The van der Waals surface area contributed by atoms with Crippen LogP contribution in [0.3, 0.4) is 0 Å². The van der Waals surface area contributed by atoms with Crippen molar-refractivity contribution >= 4 is 74.0 Å². The predicted octanol–water partition coefficient (Wildman–Crippen LogP) is 16.5. The third-order valence-corrected chi connectivity index (χ3v) is 19.6. The van der Waals surface area contributed by atoms with E-state index in [-0.39, 0.29) is 40.9 Å². The molecular formula is C83H98BrF6N13O7. The molecule has 0 spiro atoms. The first-order valence-corrected chi connectivity index (χ1v) is 38.0. The lowest BCUT2D eigenvalue weighted by atomic mass is 10.0. The van der Waals surface area contributed by atoms with E-state index in [0.717, 1.165) is 170 Å². The number of aromatic nitrogens is 4. The molecule has 20 nitrogen and oxygen atoms in total. The first kappa shape index (κ1) is 85.4. The third-order valence-electron chi connectivity index (χ3n) is 18.9. The number of nitrogen functional groups attached to an aromatic ring is 1. The molecule has 6 N–H and O–H groups in total. The Balaban J connectivity index is 0.000000210. The van der Waals surface area contributed by atoms with Crippen molar-refractivity contribution in [1.82, 2.24) is 39.2 Å². The van der Waals surface area contributed by atoms with E-state index in [1.54, 1.807) is 72.9 Å². The van der Waals surface area contributed by atoms with Crippen molar-refractivity contribution in [3.05, 3.63) is 244 Å². The highest BCUT2D eigenvalue weighted by atomic mass is 79.9. The fraction of sp³-hybridized carbons (Fsp3) is 0.361. The number of likely N-dealkylation sites (N-methyl/N-ethyl adjacent to an activating group) is 4. The lowest BCUT2D eigenvalue weighted by Gasteiger charge is -2.29. The van der Waals surface area contributed by atoms with Crippen LogP contribution in [0.25, 0.3) is 11.4 Å². The molecule has 2 fully saturated rings. The lowest BCUT2D eigenvalue weighted by Crippen LogP contribution is -2.32. The van der Waals surface area contributed by atoms with Gasteiger partial charge in [-0.05, 0) is 211 Å². The van der Waals surface area contributed by atoms with Crippen molar-refractivity contribution in [1.29, 1.82) is 0 Å². The number of piperidine rings is 2. The Morgan fingerprint density at radius 3 is 1.42 bits per heavy atom. The molecule has 4 heterocycles. The summed E-state index contributed by atoms with van der Waals surface area (Å²) >= 11 is 3.25. The summed E-state index contributed by atoms with van der Waals surface area (Å²) in [5.41, 5.74) is 12.9. The van der Waals surface area contributed by atoms with Crippen LogP contribution in [0.2, 0.25) is 0 Å². The number of alkyl halides is 7. The molecule has 2 aliphatic heterocycles. The summed E-state index contributed by atoms with van der Waals surface area (Å²) < 4.78 is 81.3. The maximum Gasteiger partial charge on any atom is 0.416 e. The lowest BCUT2D eigenvalue weighted by molar-refractivity contribution is -0.138. The van der Waals surface area contributed by atoms with E-state index in [2.05, 4.69) is 108 Å². The third kappa shape index (κ3) is 26.0. The zero-order valence-electron chi connectivity index (χ0n) is 63.0. The minimum Gasteiger partial charge on any atom is -0.478 e. The van der Waals surface area contributed by atoms with Gasteiger partial charge < -0.3 is 56.0 Å². The quantitative estimate of drug-likeness (QED) is 0.0133. The molecule has 11 rings (SSSR count). The summed E-state index contributed by atoms with van der Waals surface area (Å²) in [6, 6.07) is 45.2. The molecule has 2 saturated heterocycles. The number of ketones is 1. The van der Waals surface area contributed by atoms with Crippen LogP contribution in [0.5, 0.6) is 0 Å². The van der Waals surface area contributed by atoms with Gasteiger partial charge in [-0.1, -0.05) is 92.2 Å². The van der Waals surface area contributed by atoms with Crippen LogP contribution in [0.1, 0.15) is 152 Å². The van der Waals surface area contributed by atoms with Gasteiger partial charge in [0.25, 0.3) is 11.8 Å². The Hall–Kier alpha value is -10.2. The minimum absolute atomic E-state index is 0.0135. The zero-order chi connectivity index (χ0) is 79.5. The van der Waals surface area contributed by atoms with Crippen molar-refractivity contribution in [2.75, 3.05) is 119 Å². The van der Waals surface area contributed by atoms with Crippen molar-refractivity contribution in [2.45, 2.75) is 103 Å². The minimum atomic E-state index is -4.50. The van der Waals surface area contributed by atoms with Gasteiger partial charge in [0.1, 0.15) is 0 Å². The van der Waals surface area contributed by atoms with Crippen molar-refractivity contribution < 1.29 is 60.5 Å². The van der Waals surface area contributed by atoms with E-state index in [0.29, 0.717) is 51.2 Å². The number of carboxylic acids is 2. The number of anilines is 5. The number of benzene rings is 7. The Morgan fingerprint density at radius 2 is 0.927 bits per heavy atom. The number of aromatic carboxylic acids is 2. The SMILES string of the molecule is CCN(CC)CCN(C)Cc1cccc(C(=O)Nc2ccc(N3CCCCC3)cc2C(=O)Nc2ccn(-c3cccc(C(F)(F)F)c3)n2)c1.CCN(CC)CCN(C)Cc1cccc(C(=O)O)c1.Nc1ccc(N2CCCCC2)cc1C(=O)Cc1ccn(-c2cccc(C(F)(F)F)c2)n1.O=C(O)c1cccc(CBr)c1. The zero-order valence-corrected chi connectivity index (χ0v) is 64.6. The van der Waals surface area contributed by atoms with Gasteiger partial charge in [0.15, 0.2) is 11.6 Å². The summed E-state index contributed by atoms with van der Waals surface area (Å²) in [5, 5.41) is 32.5. The van der Waals surface area contributed by atoms with E-state index in [9.17, 15) is 50.3 Å². The fourth-order valence-corrected chi connectivity index (χ4v) is 13.0. The number of carbonyl (C=O) groups excluding carboxylic acids is 3. The predicted molar refractivity (Wildman–Crippen MR) is 425 cm³/mol. The molecule has 7 aromatic carbocycles. The van der Waals surface area contributed by atoms with Crippen LogP contribution in [-0.4, -0.2) is 172 Å². The molecule has 110 heavy (non-hydrogen) atoms. The molecule has 0 aliphatic carbocycles. The highest BCUT2D eigenvalue weighted by molar-refractivity contribution is 9.08. The average molecular weight is 1580 g/mol. The number of carbonyl (C=O) groups is 5. The Bertz CT molecular complexity index is 4490. The molecule has 0 saturated carbocycles. The van der Waals surface area contributed by atoms with Gasteiger partial charge >= 0.3 is 24.3 Å². The molecule has 0 radical (unpaired) electrons. The fourth-order valence-electron chi connectivity index (χ4n) is 12.6. The van der Waals surface area contributed by atoms with Gasteiger partial charge in [-0.2, -0.15) is 36.5 Å². The number of nitrogens with one attached hydrogen (secondary N) is 2. The number of amides is 2. The summed E-state index contributed by atoms with van der Waals surface area (Å²) in [7, 11) is 4.13. The van der Waals surface area contributed by atoms with Crippen LogP contribution in [0.4, 0.5) is 54.9 Å². The molecule has 0 unspecified atom stereocenters. The Kier molecular flexibility index (Phi) is 32.3. The molecule has 2 aliphatic rings. The number of hydrogen-bond acceptors (Lipinski definition) is 14.